The average Bonchev–Trinajstić information content (AvgIpc) is 3.14. The number of benzene rings is 1. The number of H-pyrrole nitrogens is 1. The molecular formula is C18H17N5O2. The van der Waals surface area contributed by atoms with E-state index in [9.17, 15) is 9.90 Å². The normalized spacial score (nSPS) is 20.2. The van der Waals surface area contributed by atoms with Gasteiger partial charge in [-0.15, -0.1) is 0 Å². The minimum Gasteiger partial charge on any atom is -0.393 e. The van der Waals surface area contributed by atoms with E-state index in [0.717, 1.165) is 27.4 Å². The molecule has 25 heavy (non-hydrogen) atoms. The number of hydrogen-bond acceptors (Lipinski definition) is 4. The number of nitrogens with zero attached hydrogens (tertiary/aromatic N) is 4. The van der Waals surface area contributed by atoms with E-state index in [1.807, 2.05) is 31.6 Å². The molecule has 5 rings (SSSR count). The smallest absolute Gasteiger partial charge is 0.327 e. The van der Waals surface area contributed by atoms with Crippen LogP contribution in [0.5, 0.6) is 0 Å². The molecule has 0 atom stereocenters. The molecule has 7 nitrogen and oxygen atoms in total. The maximum Gasteiger partial charge on any atom is 0.327 e. The first kappa shape index (κ1) is 14.4. The van der Waals surface area contributed by atoms with Crippen LogP contribution in [0, 0.1) is 0 Å². The Hall–Kier alpha value is -2.93. The Kier molecular flexibility index (Phi) is 2.90. The summed E-state index contributed by atoms with van der Waals surface area (Å²) in [5.41, 5.74) is 3.30. The number of rotatable bonds is 2. The summed E-state index contributed by atoms with van der Waals surface area (Å²) in [6.45, 7) is 0. The van der Waals surface area contributed by atoms with Gasteiger partial charge in [-0.3, -0.25) is 14.2 Å². The van der Waals surface area contributed by atoms with Crippen LogP contribution in [0.4, 0.5) is 0 Å². The SMILES string of the molecule is Cn1cc(-c2ccc3cnc4[nH]c(=O)n(C5CC(O)C5)c4c3c2)cn1. The van der Waals surface area contributed by atoms with Gasteiger partial charge in [-0.25, -0.2) is 9.78 Å². The summed E-state index contributed by atoms with van der Waals surface area (Å²) >= 11 is 0. The Morgan fingerprint density at radius 2 is 2.08 bits per heavy atom. The molecule has 4 aromatic rings. The van der Waals surface area contributed by atoms with Gasteiger partial charge in [-0.1, -0.05) is 12.1 Å². The van der Waals surface area contributed by atoms with Gasteiger partial charge in [0.05, 0.1) is 17.8 Å². The minimum atomic E-state index is -0.323. The van der Waals surface area contributed by atoms with Crippen molar-refractivity contribution in [2.45, 2.75) is 25.0 Å². The number of fused-ring (bicyclic) bond motifs is 3. The summed E-state index contributed by atoms with van der Waals surface area (Å²) in [5, 5.41) is 15.8. The van der Waals surface area contributed by atoms with Crippen molar-refractivity contribution in [1.29, 1.82) is 0 Å². The first-order valence-corrected chi connectivity index (χ1v) is 8.30. The van der Waals surface area contributed by atoms with Gasteiger partial charge < -0.3 is 5.11 Å². The molecule has 0 bridgehead atoms. The second-order valence-electron chi connectivity index (χ2n) is 6.74. The molecule has 1 saturated carbocycles. The molecule has 0 amide bonds. The Morgan fingerprint density at radius 3 is 2.80 bits per heavy atom. The highest BCUT2D eigenvalue weighted by Crippen LogP contribution is 2.35. The maximum absolute atomic E-state index is 12.5. The second kappa shape index (κ2) is 5.03. The average molecular weight is 335 g/mol. The predicted molar refractivity (Wildman–Crippen MR) is 94.3 cm³/mol. The van der Waals surface area contributed by atoms with Gasteiger partial charge in [0.2, 0.25) is 0 Å². The molecule has 0 radical (unpaired) electrons. The molecule has 1 fully saturated rings. The summed E-state index contributed by atoms with van der Waals surface area (Å²) in [7, 11) is 1.89. The maximum atomic E-state index is 12.5. The molecule has 1 aliphatic carbocycles. The largest absolute Gasteiger partial charge is 0.393 e. The van der Waals surface area contributed by atoms with Crippen molar-refractivity contribution in [3.8, 4) is 11.1 Å². The first-order chi connectivity index (χ1) is 12.1. The highest BCUT2D eigenvalue weighted by molar-refractivity contribution is 6.04. The van der Waals surface area contributed by atoms with Crippen LogP contribution in [0.2, 0.25) is 0 Å². The van der Waals surface area contributed by atoms with Gasteiger partial charge >= 0.3 is 5.69 Å². The third kappa shape index (κ3) is 2.12. The van der Waals surface area contributed by atoms with Crippen molar-refractivity contribution in [2.24, 2.45) is 7.05 Å². The molecular weight excluding hydrogens is 318 g/mol. The van der Waals surface area contributed by atoms with E-state index >= 15 is 0 Å². The lowest BCUT2D eigenvalue weighted by Crippen LogP contribution is -2.35. The van der Waals surface area contributed by atoms with E-state index in [1.54, 1.807) is 15.4 Å². The lowest BCUT2D eigenvalue weighted by atomic mass is 9.89. The molecule has 0 saturated heterocycles. The molecule has 1 aliphatic rings. The number of nitrogens with one attached hydrogen (secondary N) is 1. The number of aliphatic hydroxyl groups excluding tert-OH is 1. The Morgan fingerprint density at radius 1 is 1.24 bits per heavy atom. The number of imidazole rings is 1. The summed E-state index contributed by atoms with van der Waals surface area (Å²) in [6, 6.07) is 6.15. The fourth-order valence-corrected chi connectivity index (χ4v) is 3.66. The van der Waals surface area contributed by atoms with E-state index in [1.165, 1.54) is 0 Å². The minimum absolute atomic E-state index is 0.0192. The molecule has 7 heteroatoms. The van der Waals surface area contributed by atoms with Crippen molar-refractivity contribution in [3.63, 3.8) is 0 Å². The lowest BCUT2D eigenvalue weighted by Gasteiger charge is -2.32. The van der Waals surface area contributed by atoms with Crippen LogP contribution >= 0.6 is 0 Å². The quantitative estimate of drug-likeness (QED) is 0.586. The van der Waals surface area contributed by atoms with Crippen molar-refractivity contribution in [1.82, 2.24) is 24.3 Å². The highest BCUT2D eigenvalue weighted by Gasteiger charge is 2.31. The van der Waals surface area contributed by atoms with Crippen LogP contribution in [-0.2, 0) is 7.05 Å². The molecule has 126 valence electrons. The third-order valence-electron chi connectivity index (χ3n) is 5.04. The lowest BCUT2D eigenvalue weighted by molar-refractivity contribution is 0.0490. The van der Waals surface area contributed by atoms with Crippen molar-refractivity contribution in [3.05, 3.63) is 47.3 Å². The monoisotopic (exact) mass is 335 g/mol. The molecule has 0 aliphatic heterocycles. The summed E-state index contributed by atoms with van der Waals surface area (Å²) < 4.78 is 3.52. The van der Waals surface area contributed by atoms with Gasteiger partial charge in [-0.05, 0) is 24.5 Å². The first-order valence-electron chi connectivity index (χ1n) is 8.30. The second-order valence-corrected chi connectivity index (χ2v) is 6.74. The zero-order chi connectivity index (χ0) is 17.1. The van der Waals surface area contributed by atoms with E-state index in [2.05, 4.69) is 21.1 Å². The summed E-state index contributed by atoms with van der Waals surface area (Å²) in [6.07, 6.45) is 6.45. The van der Waals surface area contributed by atoms with Crippen LogP contribution in [0.3, 0.4) is 0 Å². The molecule has 0 spiro atoms. The van der Waals surface area contributed by atoms with Gasteiger partial charge in [0, 0.05) is 41.8 Å². The van der Waals surface area contributed by atoms with E-state index in [-0.39, 0.29) is 17.8 Å². The Bertz CT molecular complexity index is 1160. The number of pyridine rings is 1. The third-order valence-corrected chi connectivity index (χ3v) is 5.04. The zero-order valence-electron chi connectivity index (χ0n) is 13.7. The fraction of sp³-hybridized carbons (Fsp3) is 0.278. The van der Waals surface area contributed by atoms with Crippen LogP contribution in [0.25, 0.3) is 33.1 Å². The van der Waals surface area contributed by atoms with Gasteiger partial charge in [0.25, 0.3) is 0 Å². The Labute approximate surface area is 142 Å². The van der Waals surface area contributed by atoms with E-state index in [4.69, 9.17) is 0 Å². The van der Waals surface area contributed by atoms with Crippen LogP contribution < -0.4 is 5.69 Å². The predicted octanol–water partition coefficient (Wildman–Crippen LogP) is 1.97. The molecule has 3 heterocycles. The molecule has 0 unspecified atom stereocenters. The molecule has 1 aromatic carbocycles. The van der Waals surface area contributed by atoms with Crippen molar-refractivity contribution in [2.75, 3.05) is 0 Å². The van der Waals surface area contributed by atoms with Crippen LogP contribution in [-0.4, -0.2) is 35.5 Å². The van der Waals surface area contributed by atoms with Gasteiger partial charge in [0.1, 0.15) is 0 Å². The van der Waals surface area contributed by atoms with Gasteiger partial charge in [-0.2, -0.15) is 5.10 Å². The number of aliphatic hydroxyl groups is 1. The summed E-state index contributed by atoms with van der Waals surface area (Å²) in [4.78, 5) is 19.7. The number of aromatic nitrogens is 5. The standard InChI is InChI=1S/C18H17N5O2/c1-22-9-12(8-20-22)10-2-3-11-7-19-17-16(15(11)4-10)23(18(25)21-17)13-5-14(24)6-13/h2-4,7-9,13-14,24H,5-6H2,1H3,(H,19,21,25). The molecule has 2 N–H and O–H groups in total. The van der Waals surface area contributed by atoms with Crippen molar-refractivity contribution < 1.29 is 5.11 Å². The van der Waals surface area contributed by atoms with Gasteiger partial charge in [0.15, 0.2) is 5.65 Å². The fourth-order valence-electron chi connectivity index (χ4n) is 3.66. The zero-order valence-corrected chi connectivity index (χ0v) is 13.7. The van der Waals surface area contributed by atoms with Crippen LogP contribution in [0.15, 0.2) is 41.6 Å². The highest BCUT2D eigenvalue weighted by atomic mass is 16.3. The summed E-state index contributed by atoms with van der Waals surface area (Å²) in [5.74, 6) is 0. The van der Waals surface area contributed by atoms with E-state index < -0.39 is 0 Å². The van der Waals surface area contributed by atoms with E-state index in [0.29, 0.717) is 18.5 Å². The topological polar surface area (TPSA) is 88.7 Å². The number of aromatic amines is 1. The van der Waals surface area contributed by atoms with Crippen molar-refractivity contribution >= 4 is 21.9 Å². The number of hydrogen-bond donors (Lipinski definition) is 2. The number of aryl methyl sites for hydroxylation is 1. The molecule has 3 aromatic heterocycles. The van der Waals surface area contributed by atoms with Crippen LogP contribution in [0.1, 0.15) is 18.9 Å². The Balaban J connectivity index is 1.79.